The number of carbonyl (C=O) groups is 3. The molecule has 220 valence electrons. The quantitative estimate of drug-likeness (QED) is 0.205. The molecule has 0 radical (unpaired) electrons. The molecule has 3 aromatic carbocycles. The summed E-state index contributed by atoms with van der Waals surface area (Å²) in [5.41, 5.74) is 1.000. The molecule has 9 nitrogen and oxygen atoms in total. The molecule has 1 saturated heterocycles. The van der Waals surface area contributed by atoms with Crippen LogP contribution in [0, 0.1) is 5.82 Å². The summed E-state index contributed by atoms with van der Waals surface area (Å²) in [4.78, 5) is 39.6. The van der Waals surface area contributed by atoms with Gasteiger partial charge in [0.1, 0.15) is 18.0 Å². The number of methoxy groups -OCH3 is 1. The van der Waals surface area contributed by atoms with Crippen LogP contribution < -0.4 is 24.3 Å². The van der Waals surface area contributed by atoms with Crippen LogP contribution in [0.2, 0.25) is 5.02 Å². The summed E-state index contributed by atoms with van der Waals surface area (Å²) in [5.74, 6) is -0.653. The smallest absolute Gasteiger partial charge is 0.331 e. The fraction of sp³-hybridized carbons (Fsp3) is 0.258. The first-order valence-electron chi connectivity index (χ1n) is 13.3. The largest absolute Gasteiger partial charge is 0.493 e. The van der Waals surface area contributed by atoms with E-state index in [1.165, 1.54) is 25.3 Å². The Balaban J connectivity index is 1.59. The number of hydrogen-bond acceptors (Lipinski definition) is 7. The second-order valence-electron chi connectivity index (χ2n) is 9.19. The molecule has 3 aromatic rings. The zero-order valence-electron chi connectivity index (χ0n) is 23.4. The molecule has 0 unspecified atom stereocenters. The Bertz CT molecular complexity index is 1530. The first-order chi connectivity index (χ1) is 20.2. The van der Waals surface area contributed by atoms with E-state index in [4.69, 9.17) is 30.5 Å². The summed E-state index contributed by atoms with van der Waals surface area (Å²) in [6.45, 7) is 4.30. The van der Waals surface area contributed by atoms with Gasteiger partial charge >= 0.3 is 6.03 Å². The topological polar surface area (TPSA) is 103 Å². The Kier molecular flexibility index (Phi) is 10.0. The monoisotopic (exact) mass is 596 g/mol. The molecule has 42 heavy (non-hydrogen) atoms. The van der Waals surface area contributed by atoms with E-state index in [1.807, 2.05) is 6.92 Å². The van der Waals surface area contributed by atoms with Crippen molar-refractivity contribution >= 4 is 35.5 Å². The van der Waals surface area contributed by atoms with E-state index in [9.17, 15) is 18.8 Å². The fourth-order valence-electron chi connectivity index (χ4n) is 4.17. The van der Waals surface area contributed by atoms with Crippen molar-refractivity contribution in [2.24, 2.45) is 0 Å². The molecule has 11 heteroatoms. The van der Waals surface area contributed by atoms with Crippen LogP contribution in [-0.4, -0.2) is 43.1 Å². The Hall–Kier alpha value is -4.57. The molecular formula is C31H30ClFN2O7. The van der Waals surface area contributed by atoms with E-state index in [2.05, 4.69) is 5.32 Å². The van der Waals surface area contributed by atoms with Crippen LogP contribution in [0.5, 0.6) is 23.0 Å². The van der Waals surface area contributed by atoms with E-state index in [-0.39, 0.29) is 41.9 Å². The molecule has 1 aliphatic heterocycles. The average molecular weight is 597 g/mol. The Morgan fingerprint density at radius 2 is 1.74 bits per heavy atom. The molecule has 1 heterocycles. The number of rotatable bonds is 12. The predicted molar refractivity (Wildman–Crippen MR) is 154 cm³/mol. The summed E-state index contributed by atoms with van der Waals surface area (Å²) in [7, 11) is 1.49. The van der Waals surface area contributed by atoms with Gasteiger partial charge in [0.05, 0.1) is 31.9 Å². The van der Waals surface area contributed by atoms with Gasteiger partial charge in [-0.05, 0) is 60.9 Å². The third-order valence-corrected chi connectivity index (χ3v) is 6.47. The van der Waals surface area contributed by atoms with Gasteiger partial charge in [-0.15, -0.1) is 0 Å². The Labute approximate surface area is 247 Å². The maximum absolute atomic E-state index is 14.1. The number of barbiturate groups is 1. The molecule has 4 rings (SSSR count). The first kappa shape index (κ1) is 30.4. The molecule has 1 N–H and O–H groups in total. The highest BCUT2D eigenvalue weighted by Crippen LogP contribution is 2.38. The van der Waals surface area contributed by atoms with E-state index < -0.39 is 23.7 Å². The molecule has 0 aliphatic carbocycles. The molecule has 1 aliphatic rings. The van der Waals surface area contributed by atoms with E-state index in [0.717, 1.165) is 11.3 Å². The van der Waals surface area contributed by atoms with Crippen molar-refractivity contribution in [1.82, 2.24) is 10.2 Å². The van der Waals surface area contributed by atoms with Gasteiger partial charge < -0.3 is 18.9 Å². The molecule has 0 bridgehead atoms. The lowest BCUT2D eigenvalue weighted by molar-refractivity contribution is -0.130. The Morgan fingerprint density at radius 1 is 0.952 bits per heavy atom. The Morgan fingerprint density at radius 3 is 2.45 bits per heavy atom. The number of amides is 4. The number of benzene rings is 3. The van der Waals surface area contributed by atoms with E-state index >= 15 is 0 Å². The van der Waals surface area contributed by atoms with Crippen LogP contribution in [0.4, 0.5) is 9.18 Å². The highest BCUT2D eigenvalue weighted by molar-refractivity contribution is 6.33. The van der Waals surface area contributed by atoms with Gasteiger partial charge in [-0.2, -0.15) is 0 Å². The number of hydrogen-bond donors (Lipinski definition) is 1. The molecule has 0 atom stereocenters. The van der Waals surface area contributed by atoms with Crippen molar-refractivity contribution in [3.8, 4) is 23.0 Å². The minimum atomic E-state index is -0.851. The third kappa shape index (κ3) is 7.01. The van der Waals surface area contributed by atoms with Crippen LogP contribution in [0.15, 0.2) is 60.2 Å². The lowest BCUT2D eigenvalue weighted by Gasteiger charge is -2.26. The van der Waals surface area contributed by atoms with Crippen molar-refractivity contribution in [3.05, 3.63) is 87.7 Å². The summed E-state index contributed by atoms with van der Waals surface area (Å²) < 4.78 is 36.6. The minimum absolute atomic E-state index is 0.0959. The van der Waals surface area contributed by atoms with Crippen LogP contribution >= 0.6 is 11.6 Å². The van der Waals surface area contributed by atoms with Gasteiger partial charge in [0.25, 0.3) is 11.8 Å². The summed E-state index contributed by atoms with van der Waals surface area (Å²) in [5, 5.41) is 2.33. The molecule has 4 amide bonds. The third-order valence-electron chi connectivity index (χ3n) is 6.19. The van der Waals surface area contributed by atoms with Crippen molar-refractivity contribution < 1.29 is 37.7 Å². The molecule has 0 saturated carbocycles. The number of nitrogens with zero attached hydrogens (tertiary/aromatic N) is 1. The van der Waals surface area contributed by atoms with Crippen molar-refractivity contribution in [2.45, 2.75) is 33.4 Å². The fourth-order valence-corrected chi connectivity index (χ4v) is 4.44. The zero-order valence-corrected chi connectivity index (χ0v) is 24.1. The van der Waals surface area contributed by atoms with Gasteiger partial charge in [0.15, 0.2) is 23.0 Å². The average Bonchev–Trinajstić information content (AvgIpc) is 2.97. The SMILES string of the molecule is CCCOc1ccc(CN2C(=O)NC(=O)/C(=C\c3cc(Cl)c(OCc4ccccc4F)c(OCC)c3)C2=O)cc1OC. The van der Waals surface area contributed by atoms with Crippen LogP contribution in [-0.2, 0) is 22.7 Å². The second kappa shape index (κ2) is 13.9. The summed E-state index contributed by atoms with van der Waals surface area (Å²) in [6.07, 6.45) is 2.13. The lowest BCUT2D eigenvalue weighted by atomic mass is 10.1. The van der Waals surface area contributed by atoms with E-state index in [1.54, 1.807) is 49.4 Å². The summed E-state index contributed by atoms with van der Waals surface area (Å²) in [6, 6.07) is 13.4. The van der Waals surface area contributed by atoms with Crippen molar-refractivity contribution in [2.75, 3.05) is 20.3 Å². The van der Waals surface area contributed by atoms with Gasteiger partial charge in [-0.25, -0.2) is 9.18 Å². The molecule has 0 aromatic heterocycles. The first-order valence-corrected chi connectivity index (χ1v) is 13.6. The second-order valence-corrected chi connectivity index (χ2v) is 9.59. The lowest BCUT2D eigenvalue weighted by Crippen LogP contribution is -2.53. The van der Waals surface area contributed by atoms with Crippen molar-refractivity contribution in [1.29, 1.82) is 0 Å². The minimum Gasteiger partial charge on any atom is -0.493 e. The standard InChI is InChI=1S/C31H30ClFN2O7/c1-4-12-41-25-11-10-19(15-26(25)39-3)17-35-30(37)22(29(36)34-31(35)38)13-20-14-23(32)28(27(16-20)40-5-2)42-18-21-8-6-7-9-24(21)33/h6-11,13-16H,4-5,12,17-18H2,1-3H3,(H,34,36,38)/b22-13+. The van der Waals surface area contributed by atoms with Crippen LogP contribution in [0.25, 0.3) is 6.08 Å². The summed E-state index contributed by atoms with van der Waals surface area (Å²) >= 11 is 6.50. The molecule has 0 spiro atoms. The molecule has 1 fully saturated rings. The maximum Gasteiger partial charge on any atom is 0.331 e. The van der Waals surface area contributed by atoms with Gasteiger partial charge in [0, 0.05) is 5.56 Å². The van der Waals surface area contributed by atoms with Crippen molar-refractivity contribution in [3.63, 3.8) is 0 Å². The van der Waals surface area contributed by atoms with Crippen LogP contribution in [0.3, 0.4) is 0 Å². The van der Waals surface area contributed by atoms with Gasteiger partial charge in [-0.1, -0.05) is 42.8 Å². The zero-order chi connectivity index (χ0) is 30.2. The number of carbonyl (C=O) groups excluding carboxylic acids is 3. The number of urea groups is 1. The highest BCUT2D eigenvalue weighted by atomic mass is 35.5. The normalized spacial score (nSPS) is 14.2. The predicted octanol–water partition coefficient (Wildman–Crippen LogP) is 5.92. The number of nitrogens with one attached hydrogen (secondary N) is 1. The van der Waals surface area contributed by atoms with E-state index in [0.29, 0.717) is 34.8 Å². The number of ether oxygens (including phenoxy) is 4. The van der Waals surface area contributed by atoms with Gasteiger partial charge in [0.2, 0.25) is 0 Å². The molecular weight excluding hydrogens is 567 g/mol. The maximum atomic E-state index is 14.1. The highest BCUT2D eigenvalue weighted by Gasteiger charge is 2.36. The number of halogens is 2. The number of imide groups is 2. The van der Waals surface area contributed by atoms with Crippen LogP contribution in [0.1, 0.15) is 37.0 Å². The van der Waals surface area contributed by atoms with Gasteiger partial charge in [-0.3, -0.25) is 19.8 Å².